The summed E-state index contributed by atoms with van der Waals surface area (Å²) in [6.45, 7) is 4.11. The fraction of sp³-hybridized carbons (Fsp3) is 0.250. The summed E-state index contributed by atoms with van der Waals surface area (Å²) in [6.07, 6.45) is 0.689. The van der Waals surface area contributed by atoms with Crippen LogP contribution in [0.25, 0.3) is 0 Å². The molecule has 0 aliphatic carbocycles. The number of nitrogens with two attached hydrogens (primary N) is 1. The van der Waals surface area contributed by atoms with Crippen LogP contribution in [0, 0.1) is 19.7 Å². The maximum Gasteiger partial charge on any atom is 0.142 e. The SMILES string of the molecule is Cc1ccc(C)c(CC(N)c2ccc(Cl)c(F)c2)c1. The van der Waals surface area contributed by atoms with Crippen molar-refractivity contribution >= 4 is 11.6 Å². The van der Waals surface area contributed by atoms with E-state index in [0.717, 1.165) is 5.56 Å². The number of rotatable bonds is 3. The van der Waals surface area contributed by atoms with Gasteiger partial charge in [0.15, 0.2) is 0 Å². The first kappa shape index (κ1) is 14.0. The third kappa shape index (κ3) is 3.34. The van der Waals surface area contributed by atoms with Crippen molar-refractivity contribution in [2.24, 2.45) is 5.73 Å². The Bertz CT molecular complexity index is 595. The van der Waals surface area contributed by atoms with Crippen molar-refractivity contribution in [3.63, 3.8) is 0 Å². The molecule has 1 nitrogen and oxygen atoms in total. The number of benzene rings is 2. The van der Waals surface area contributed by atoms with E-state index in [9.17, 15) is 4.39 Å². The van der Waals surface area contributed by atoms with Crippen LogP contribution in [0.1, 0.15) is 28.3 Å². The minimum atomic E-state index is -0.421. The van der Waals surface area contributed by atoms with Crippen LogP contribution in [-0.4, -0.2) is 0 Å². The summed E-state index contributed by atoms with van der Waals surface area (Å²) >= 11 is 5.68. The molecule has 2 aromatic rings. The average molecular weight is 278 g/mol. The number of hydrogen-bond acceptors (Lipinski definition) is 1. The normalized spacial score (nSPS) is 12.5. The van der Waals surface area contributed by atoms with Gasteiger partial charge >= 0.3 is 0 Å². The van der Waals surface area contributed by atoms with Gasteiger partial charge in [-0.05, 0) is 49.1 Å². The van der Waals surface area contributed by atoms with Crippen molar-refractivity contribution in [1.29, 1.82) is 0 Å². The first-order valence-corrected chi connectivity index (χ1v) is 6.62. The van der Waals surface area contributed by atoms with E-state index in [0.29, 0.717) is 6.42 Å². The van der Waals surface area contributed by atoms with E-state index >= 15 is 0 Å². The van der Waals surface area contributed by atoms with E-state index in [1.807, 2.05) is 0 Å². The van der Waals surface area contributed by atoms with E-state index in [2.05, 4.69) is 32.0 Å². The molecule has 1 atom stereocenters. The van der Waals surface area contributed by atoms with Crippen LogP contribution >= 0.6 is 11.6 Å². The van der Waals surface area contributed by atoms with Crippen molar-refractivity contribution in [3.8, 4) is 0 Å². The van der Waals surface area contributed by atoms with Crippen molar-refractivity contribution < 1.29 is 4.39 Å². The Balaban J connectivity index is 2.22. The Morgan fingerprint density at radius 2 is 1.89 bits per heavy atom. The molecule has 2 rings (SSSR count). The second-order valence-corrected chi connectivity index (χ2v) is 5.32. The molecule has 0 fully saturated rings. The summed E-state index contributed by atoms with van der Waals surface area (Å²) in [7, 11) is 0. The highest BCUT2D eigenvalue weighted by molar-refractivity contribution is 6.30. The minimum Gasteiger partial charge on any atom is -0.324 e. The molecule has 0 radical (unpaired) electrons. The maximum absolute atomic E-state index is 13.4. The quantitative estimate of drug-likeness (QED) is 0.887. The summed E-state index contributed by atoms with van der Waals surface area (Å²) < 4.78 is 13.4. The molecule has 2 N–H and O–H groups in total. The van der Waals surface area contributed by atoms with Crippen molar-refractivity contribution in [2.45, 2.75) is 26.3 Å². The maximum atomic E-state index is 13.4. The van der Waals surface area contributed by atoms with Gasteiger partial charge in [0.25, 0.3) is 0 Å². The summed E-state index contributed by atoms with van der Waals surface area (Å²) in [5.74, 6) is -0.421. The molecule has 0 heterocycles. The Hall–Kier alpha value is -1.38. The smallest absolute Gasteiger partial charge is 0.142 e. The number of hydrogen-bond donors (Lipinski definition) is 1. The van der Waals surface area contributed by atoms with Gasteiger partial charge in [0.05, 0.1) is 5.02 Å². The van der Waals surface area contributed by atoms with Crippen LogP contribution < -0.4 is 5.73 Å². The zero-order chi connectivity index (χ0) is 14.0. The first-order valence-electron chi connectivity index (χ1n) is 6.24. The molecule has 0 spiro atoms. The Morgan fingerprint density at radius 3 is 2.58 bits per heavy atom. The second kappa shape index (κ2) is 5.72. The van der Waals surface area contributed by atoms with Crippen LogP contribution in [-0.2, 0) is 6.42 Å². The van der Waals surface area contributed by atoms with Gasteiger partial charge in [0, 0.05) is 6.04 Å². The predicted octanol–water partition coefficient (Wildman–Crippen LogP) is 4.34. The molecular formula is C16H17ClFN. The summed E-state index contributed by atoms with van der Waals surface area (Å²) in [4.78, 5) is 0. The fourth-order valence-corrected chi connectivity index (χ4v) is 2.24. The highest BCUT2D eigenvalue weighted by Gasteiger charge is 2.11. The molecule has 0 aliphatic heterocycles. The molecule has 1 unspecified atom stereocenters. The lowest BCUT2D eigenvalue weighted by molar-refractivity contribution is 0.619. The Morgan fingerprint density at radius 1 is 1.16 bits per heavy atom. The molecular weight excluding hydrogens is 261 g/mol. The molecule has 3 heteroatoms. The lowest BCUT2D eigenvalue weighted by Crippen LogP contribution is -2.14. The lowest BCUT2D eigenvalue weighted by Gasteiger charge is -2.15. The van der Waals surface area contributed by atoms with Gasteiger partial charge in [-0.2, -0.15) is 0 Å². The van der Waals surface area contributed by atoms with Gasteiger partial charge < -0.3 is 5.73 Å². The molecule has 19 heavy (non-hydrogen) atoms. The third-order valence-corrected chi connectivity index (χ3v) is 3.62. The molecule has 100 valence electrons. The summed E-state index contributed by atoms with van der Waals surface area (Å²) in [6, 6.07) is 10.8. The molecule has 0 aliphatic rings. The number of aryl methyl sites for hydroxylation is 2. The Kier molecular flexibility index (Phi) is 4.23. The number of halogens is 2. The van der Waals surface area contributed by atoms with Gasteiger partial charge in [0.2, 0.25) is 0 Å². The topological polar surface area (TPSA) is 26.0 Å². The van der Waals surface area contributed by atoms with E-state index in [1.165, 1.54) is 22.8 Å². The average Bonchev–Trinajstić information content (AvgIpc) is 2.37. The van der Waals surface area contributed by atoms with E-state index in [1.54, 1.807) is 12.1 Å². The molecule has 0 bridgehead atoms. The zero-order valence-electron chi connectivity index (χ0n) is 11.1. The van der Waals surface area contributed by atoms with E-state index < -0.39 is 5.82 Å². The monoisotopic (exact) mass is 277 g/mol. The van der Waals surface area contributed by atoms with Crippen LogP contribution in [0.4, 0.5) is 4.39 Å². The fourth-order valence-electron chi connectivity index (χ4n) is 2.12. The highest BCUT2D eigenvalue weighted by Crippen LogP contribution is 2.23. The third-order valence-electron chi connectivity index (χ3n) is 3.32. The van der Waals surface area contributed by atoms with Gasteiger partial charge in [-0.25, -0.2) is 4.39 Å². The largest absolute Gasteiger partial charge is 0.324 e. The van der Waals surface area contributed by atoms with Crippen LogP contribution in [0.15, 0.2) is 36.4 Å². The van der Waals surface area contributed by atoms with Crippen LogP contribution in [0.5, 0.6) is 0 Å². The van der Waals surface area contributed by atoms with E-state index in [-0.39, 0.29) is 11.1 Å². The van der Waals surface area contributed by atoms with Gasteiger partial charge in [0.1, 0.15) is 5.82 Å². The molecule has 0 amide bonds. The minimum absolute atomic E-state index is 0.127. The van der Waals surface area contributed by atoms with Crippen LogP contribution in [0.3, 0.4) is 0 Å². The van der Waals surface area contributed by atoms with Crippen molar-refractivity contribution in [2.75, 3.05) is 0 Å². The van der Waals surface area contributed by atoms with Gasteiger partial charge in [-0.15, -0.1) is 0 Å². The standard InChI is InChI=1S/C16H17ClFN/c1-10-3-4-11(2)13(7-10)9-16(19)12-5-6-14(17)15(18)8-12/h3-8,16H,9,19H2,1-2H3. The summed E-state index contributed by atoms with van der Waals surface area (Å²) in [5, 5.41) is 0.127. The van der Waals surface area contributed by atoms with Crippen molar-refractivity contribution in [3.05, 3.63) is 69.5 Å². The lowest BCUT2D eigenvalue weighted by atomic mass is 9.95. The predicted molar refractivity (Wildman–Crippen MR) is 78.0 cm³/mol. The Labute approximate surface area is 118 Å². The summed E-state index contributed by atoms with van der Waals surface area (Å²) in [5.41, 5.74) is 10.5. The van der Waals surface area contributed by atoms with Crippen LogP contribution in [0.2, 0.25) is 5.02 Å². The van der Waals surface area contributed by atoms with Gasteiger partial charge in [-0.3, -0.25) is 0 Å². The van der Waals surface area contributed by atoms with Gasteiger partial charge in [-0.1, -0.05) is 41.4 Å². The van der Waals surface area contributed by atoms with Crippen molar-refractivity contribution in [1.82, 2.24) is 0 Å². The van der Waals surface area contributed by atoms with E-state index in [4.69, 9.17) is 17.3 Å². The molecule has 2 aromatic carbocycles. The second-order valence-electron chi connectivity index (χ2n) is 4.91. The highest BCUT2D eigenvalue weighted by atomic mass is 35.5. The first-order chi connectivity index (χ1) is 8.97. The zero-order valence-corrected chi connectivity index (χ0v) is 11.8. The molecule has 0 saturated heterocycles. The molecule has 0 saturated carbocycles. The molecule has 0 aromatic heterocycles.